The Morgan fingerprint density at radius 2 is 1.75 bits per heavy atom. The lowest BCUT2D eigenvalue weighted by Gasteiger charge is -2.05. The van der Waals surface area contributed by atoms with Crippen LogP contribution in [0.3, 0.4) is 0 Å². The Hall–Kier alpha value is -1.88. The molecule has 0 aromatic rings. The number of nitriles is 2. The number of hydrogen-bond acceptors (Lipinski definition) is 4. The zero-order valence-electron chi connectivity index (χ0n) is 8.91. The van der Waals surface area contributed by atoms with Crippen LogP contribution in [-0.4, -0.2) is 11.8 Å². The summed E-state index contributed by atoms with van der Waals surface area (Å²) in [6.07, 6.45) is 2.31. The van der Waals surface area contributed by atoms with Gasteiger partial charge in [0.1, 0.15) is 0 Å². The number of fused-ring (bicyclic) bond motifs is 1. The molecule has 5 nitrogen and oxygen atoms in total. The van der Waals surface area contributed by atoms with Crippen LogP contribution in [0, 0.1) is 39.4 Å². The van der Waals surface area contributed by atoms with Crippen LogP contribution in [-0.2, 0) is 9.59 Å². The molecule has 0 spiro atoms. The van der Waals surface area contributed by atoms with Gasteiger partial charge in [0.2, 0.25) is 11.8 Å². The molecule has 1 saturated carbocycles. The van der Waals surface area contributed by atoms with Crippen LogP contribution in [0.15, 0.2) is 0 Å². The summed E-state index contributed by atoms with van der Waals surface area (Å²) in [7, 11) is 0. The summed E-state index contributed by atoms with van der Waals surface area (Å²) in [6, 6.07) is 3.78. The molecule has 2 fully saturated rings. The van der Waals surface area contributed by atoms with E-state index in [9.17, 15) is 9.59 Å². The molecule has 2 rings (SSSR count). The Bertz CT molecular complexity index is 421. The molecular weight excluding hydrogens is 206 g/mol. The quantitative estimate of drug-likeness (QED) is 0.696. The molecule has 5 heteroatoms. The fourth-order valence-corrected chi connectivity index (χ4v) is 2.80. The van der Waals surface area contributed by atoms with E-state index in [0.717, 1.165) is 12.8 Å². The van der Waals surface area contributed by atoms with E-state index in [0.29, 0.717) is 6.42 Å². The van der Waals surface area contributed by atoms with Crippen molar-refractivity contribution in [2.24, 2.45) is 16.7 Å². The van der Waals surface area contributed by atoms with Gasteiger partial charge < -0.3 is 0 Å². The van der Waals surface area contributed by atoms with Crippen molar-refractivity contribution in [1.82, 2.24) is 5.32 Å². The van der Waals surface area contributed by atoms with Gasteiger partial charge >= 0.3 is 0 Å². The number of nitrogens with one attached hydrogen (secondary N) is 1. The van der Waals surface area contributed by atoms with Gasteiger partial charge in [-0.1, -0.05) is 19.8 Å². The largest absolute Gasteiger partial charge is 0.294 e. The molecular formula is C11H11N3O2. The molecule has 3 atom stereocenters. The predicted molar refractivity (Wildman–Crippen MR) is 52.3 cm³/mol. The fourth-order valence-electron chi connectivity index (χ4n) is 2.80. The lowest BCUT2D eigenvalue weighted by atomic mass is 9.98. The second-order valence-electron chi connectivity index (χ2n) is 4.32. The lowest BCUT2D eigenvalue weighted by molar-refractivity contribution is -0.129. The summed E-state index contributed by atoms with van der Waals surface area (Å²) in [6.45, 7) is 1.98. The third-order valence-corrected chi connectivity index (χ3v) is 3.73. The molecule has 1 heterocycles. The third kappa shape index (κ3) is 0.806. The van der Waals surface area contributed by atoms with Gasteiger partial charge in [-0.05, 0) is 6.42 Å². The first kappa shape index (κ1) is 10.6. The van der Waals surface area contributed by atoms with Gasteiger partial charge in [-0.2, -0.15) is 10.5 Å². The number of imide groups is 1. The van der Waals surface area contributed by atoms with Crippen molar-refractivity contribution < 1.29 is 9.59 Å². The van der Waals surface area contributed by atoms with Crippen molar-refractivity contribution in [3.63, 3.8) is 0 Å². The molecule has 2 amide bonds. The summed E-state index contributed by atoms with van der Waals surface area (Å²) in [5.74, 6) is -1.61. The van der Waals surface area contributed by atoms with E-state index < -0.39 is 28.6 Å². The van der Waals surface area contributed by atoms with Crippen LogP contribution in [0.4, 0.5) is 0 Å². The van der Waals surface area contributed by atoms with Gasteiger partial charge in [0.25, 0.3) is 0 Å². The first-order valence-electron chi connectivity index (χ1n) is 5.30. The smallest absolute Gasteiger partial charge is 0.249 e. The maximum absolute atomic E-state index is 11.6. The molecule has 1 saturated heterocycles. The molecule has 82 valence electrons. The summed E-state index contributed by atoms with van der Waals surface area (Å²) in [4.78, 5) is 23.2. The van der Waals surface area contributed by atoms with Crippen molar-refractivity contribution in [2.45, 2.75) is 26.2 Å². The minimum atomic E-state index is -1.41. The summed E-state index contributed by atoms with van der Waals surface area (Å²) >= 11 is 0. The van der Waals surface area contributed by atoms with Gasteiger partial charge in [-0.25, -0.2) is 0 Å². The minimum absolute atomic E-state index is 0.420. The number of amides is 2. The van der Waals surface area contributed by atoms with E-state index in [-0.39, 0.29) is 0 Å². The van der Waals surface area contributed by atoms with E-state index in [1.165, 1.54) is 0 Å². The van der Waals surface area contributed by atoms with Gasteiger partial charge in [0.15, 0.2) is 10.8 Å². The Morgan fingerprint density at radius 3 is 2.12 bits per heavy atom. The minimum Gasteiger partial charge on any atom is -0.294 e. The zero-order chi connectivity index (χ0) is 12.0. The van der Waals surface area contributed by atoms with Crippen LogP contribution in [0.25, 0.3) is 0 Å². The number of nitrogens with zero attached hydrogens (tertiary/aromatic N) is 2. The van der Waals surface area contributed by atoms with Gasteiger partial charge in [-0.15, -0.1) is 0 Å². The maximum atomic E-state index is 11.6. The summed E-state index contributed by atoms with van der Waals surface area (Å²) in [5.41, 5.74) is -2.82. The van der Waals surface area contributed by atoms with E-state index in [4.69, 9.17) is 10.5 Å². The third-order valence-electron chi connectivity index (χ3n) is 3.73. The van der Waals surface area contributed by atoms with E-state index in [1.807, 2.05) is 19.1 Å². The first-order chi connectivity index (χ1) is 7.61. The topological polar surface area (TPSA) is 93.8 Å². The van der Waals surface area contributed by atoms with Crippen LogP contribution in [0.2, 0.25) is 0 Å². The maximum Gasteiger partial charge on any atom is 0.249 e. The average molecular weight is 217 g/mol. The SMILES string of the molecule is CCCCC1[C@]2(C#N)C(=O)NC(=O)[C@]12C#N. The lowest BCUT2D eigenvalue weighted by Crippen LogP contribution is -2.32. The molecule has 0 aromatic heterocycles. The highest BCUT2D eigenvalue weighted by molar-refractivity contribution is 6.18. The zero-order valence-corrected chi connectivity index (χ0v) is 8.91. The van der Waals surface area contributed by atoms with Crippen molar-refractivity contribution in [2.75, 3.05) is 0 Å². The van der Waals surface area contributed by atoms with Crippen LogP contribution in [0.1, 0.15) is 26.2 Å². The van der Waals surface area contributed by atoms with E-state index in [2.05, 4.69) is 5.32 Å². The molecule has 0 radical (unpaired) electrons. The van der Waals surface area contributed by atoms with Crippen molar-refractivity contribution >= 4 is 11.8 Å². The summed E-state index contributed by atoms with van der Waals surface area (Å²) in [5, 5.41) is 20.3. The molecule has 1 N–H and O–H groups in total. The Kier molecular flexibility index (Phi) is 2.03. The van der Waals surface area contributed by atoms with Crippen LogP contribution < -0.4 is 5.32 Å². The van der Waals surface area contributed by atoms with Crippen LogP contribution in [0.5, 0.6) is 0 Å². The van der Waals surface area contributed by atoms with E-state index in [1.54, 1.807) is 0 Å². The standard InChI is InChI=1S/C11H11N3O2/c1-2-3-4-7-10(5-12)8(15)14-9(16)11(7,10)6-13/h7H,2-4H2,1H3,(H,14,15,16)/t7?,10-,11+. The molecule has 1 aliphatic heterocycles. The fraction of sp³-hybridized carbons (Fsp3) is 0.636. The monoisotopic (exact) mass is 217 g/mol. The second-order valence-corrected chi connectivity index (χ2v) is 4.32. The van der Waals surface area contributed by atoms with Gasteiger partial charge in [0, 0.05) is 5.92 Å². The number of rotatable bonds is 3. The Balaban J connectivity index is 2.39. The molecule has 2 aliphatic rings. The molecule has 16 heavy (non-hydrogen) atoms. The van der Waals surface area contributed by atoms with Gasteiger partial charge in [-0.3, -0.25) is 14.9 Å². The number of piperidine rings is 1. The molecule has 1 aliphatic carbocycles. The van der Waals surface area contributed by atoms with Crippen molar-refractivity contribution in [3.05, 3.63) is 0 Å². The number of unbranched alkanes of at least 4 members (excludes halogenated alkanes) is 1. The number of carbonyl (C=O) groups excluding carboxylic acids is 2. The Labute approximate surface area is 93.0 Å². The Morgan fingerprint density at radius 1 is 1.25 bits per heavy atom. The van der Waals surface area contributed by atoms with Gasteiger partial charge in [0.05, 0.1) is 12.1 Å². The highest BCUT2D eigenvalue weighted by atomic mass is 16.2. The predicted octanol–water partition coefficient (Wildman–Crippen LogP) is 0.483. The average Bonchev–Trinajstić information content (AvgIpc) is 2.81. The molecule has 0 aromatic carbocycles. The van der Waals surface area contributed by atoms with E-state index >= 15 is 0 Å². The normalized spacial score (nSPS) is 39.6. The highest BCUT2D eigenvalue weighted by Crippen LogP contribution is 2.73. The van der Waals surface area contributed by atoms with Crippen molar-refractivity contribution in [1.29, 1.82) is 10.5 Å². The van der Waals surface area contributed by atoms with Crippen molar-refractivity contribution in [3.8, 4) is 12.1 Å². The molecule has 0 bridgehead atoms. The highest BCUT2D eigenvalue weighted by Gasteiger charge is 2.89. The number of hydrogen-bond donors (Lipinski definition) is 1. The number of carbonyl (C=O) groups is 2. The first-order valence-corrected chi connectivity index (χ1v) is 5.30. The summed E-state index contributed by atoms with van der Waals surface area (Å²) < 4.78 is 0. The molecule has 1 unspecified atom stereocenters. The second kappa shape index (κ2) is 3.05. The van der Waals surface area contributed by atoms with Crippen LogP contribution >= 0.6 is 0 Å².